The van der Waals surface area contributed by atoms with Gasteiger partial charge in [0.1, 0.15) is 0 Å². The first-order valence-electron chi connectivity index (χ1n) is 9.06. The summed E-state index contributed by atoms with van der Waals surface area (Å²) in [6.45, 7) is 1.67. The minimum absolute atomic E-state index is 0.0694. The average Bonchev–Trinajstić information content (AvgIpc) is 2.68. The number of anilines is 1. The predicted molar refractivity (Wildman–Crippen MR) is 105 cm³/mol. The number of carbonyl (C=O) groups excluding carboxylic acids is 2. The molecule has 0 radical (unpaired) electrons. The van der Waals surface area contributed by atoms with E-state index in [1.165, 1.54) is 6.42 Å². The number of nitrogens with zero attached hydrogens (tertiary/aromatic N) is 1. The van der Waals surface area contributed by atoms with E-state index in [9.17, 15) is 9.59 Å². The molecule has 1 fully saturated rings. The van der Waals surface area contributed by atoms with Crippen LogP contribution in [0.2, 0.25) is 5.02 Å². The number of nitrogens with one attached hydrogen (secondary N) is 1. The van der Waals surface area contributed by atoms with E-state index in [0.29, 0.717) is 29.1 Å². The predicted octanol–water partition coefficient (Wildman–Crippen LogP) is 4.54. The SMILES string of the molecule is O=C(CCc1ccccc1Cl)Nc1ccc(C(=O)N2CCCCC2)cc1. The summed E-state index contributed by atoms with van der Waals surface area (Å²) in [5.74, 6) is 0.00122. The third-order valence-electron chi connectivity index (χ3n) is 4.64. The van der Waals surface area contributed by atoms with Crippen LogP contribution in [0.1, 0.15) is 41.6 Å². The van der Waals surface area contributed by atoms with Gasteiger partial charge in [0.15, 0.2) is 0 Å². The molecule has 0 aliphatic carbocycles. The molecule has 1 N–H and O–H groups in total. The van der Waals surface area contributed by atoms with E-state index in [4.69, 9.17) is 11.6 Å². The molecule has 1 saturated heterocycles. The third-order valence-corrected chi connectivity index (χ3v) is 5.01. The molecular formula is C21H23ClN2O2. The van der Waals surface area contributed by atoms with Crippen LogP contribution in [-0.4, -0.2) is 29.8 Å². The van der Waals surface area contributed by atoms with Gasteiger partial charge in [-0.2, -0.15) is 0 Å². The highest BCUT2D eigenvalue weighted by Gasteiger charge is 2.18. The molecule has 0 spiro atoms. The Bertz CT molecular complexity index is 768. The standard InChI is InChI=1S/C21H23ClN2O2/c22-19-7-3-2-6-16(19)10-13-20(25)23-18-11-8-17(9-12-18)21(26)24-14-4-1-5-15-24/h2-3,6-9,11-12H,1,4-5,10,13-15H2,(H,23,25). The second-order valence-corrected chi connectivity index (χ2v) is 6.98. The van der Waals surface area contributed by atoms with Crippen LogP contribution in [0.3, 0.4) is 0 Å². The maximum absolute atomic E-state index is 12.5. The highest BCUT2D eigenvalue weighted by molar-refractivity contribution is 6.31. The number of hydrogen-bond donors (Lipinski definition) is 1. The van der Waals surface area contributed by atoms with Gasteiger partial charge in [0.2, 0.25) is 5.91 Å². The summed E-state index contributed by atoms with van der Waals surface area (Å²) in [6.07, 6.45) is 4.30. The number of likely N-dealkylation sites (tertiary alicyclic amines) is 1. The van der Waals surface area contributed by atoms with Gasteiger partial charge < -0.3 is 10.2 Å². The van der Waals surface area contributed by atoms with Gasteiger partial charge in [-0.05, 0) is 61.6 Å². The van der Waals surface area contributed by atoms with Crippen LogP contribution in [0.4, 0.5) is 5.69 Å². The second kappa shape index (κ2) is 8.86. The highest BCUT2D eigenvalue weighted by Crippen LogP contribution is 2.18. The summed E-state index contributed by atoms with van der Waals surface area (Å²) < 4.78 is 0. The molecule has 0 saturated carbocycles. The maximum atomic E-state index is 12.5. The first kappa shape index (κ1) is 18.5. The summed E-state index contributed by atoms with van der Waals surface area (Å²) in [4.78, 5) is 26.5. The summed E-state index contributed by atoms with van der Waals surface area (Å²) in [5, 5.41) is 3.55. The Balaban J connectivity index is 1.52. The van der Waals surface area contributed by atoms with Crippen molar-refractivity contribution < 1.29 is 9.59 Å². The van der Waals surface area contributed by atoms with Gasteiger partial charge in [-0.25, -0.2) is 0 Å². The lowest BCUT2D eigenvalue weighted by Crippen LogP contribution is -2.35. The van der Waals surface area contributed by atoms with Gasteiger partial charge in [-0.15, -0.1) is 0 Å². The molecule has 0 atom stereocenters. The van der Waals surface area contributed by atoms with E-state index < -0.39 is 0 Å². The molecule has 2 amide bonds. The normalized spacial score (nSPS) is 14.1. The second-order valence-electron chi connectivity index (χ2n) is 6.57. The van der Waals surface area contributed by atoms with Crippen molar-refractivity contribution in [3.8, 4) is 0 Å². The third kappa shape index (κ3) is 4.85. The van der Waals surface area contributed by atoms with Crippen molar-refractivity contribution in [1.29, 1.82) is 0 Å². The van der Waals surface area contributed by atoms with E-state index in [1.54, 1.807) is 24.3 Å². The van der Waals surface area contributed by atoms with E-state index in [1.807, 2.05) is 29.2 Å². The monoisotopic (exact) mass is 370 g/mol. The summed E-state index contributed by atoms with van der Waals surface area (Å²) in [5.41, 5.74) is 2.33. The van der Waals surface area contributed by atoms with Gasteiger partial charge >= 0.3 is 0 Å². The van der Waals surface area contributed by atoms with E-state index in [2.05, 4.69) is 5.32 Å². The van der Waals surface area contributed by atoms with E-state index in [-0.39, 0.29) is 11.8 Å². The number of aryl methyl sites for hydroxylation is 1. The van der Waals surface area contributed by atoms with Crippen LogP contribution < -0.4 is 5.32 Å². The highest BCUT2D eigenvalue weighted by atomic mass is 35.5. The fraction of sp³-hybridized carbons (Fsp3) is 0.333. The molecule has 3 rings (SSSR count). The Morgan fingerprint density at radius 2 is 1.65 bits per heavy atom. The summed E-state index contributed by atoms with van der Waals surface area (Å²) in [7, 11) is 0. The molecule has 1 heterocycles. The minimum Gasteiger partial charge on any atom is -0.339 e. The number of amides is 2. The molecular weight excluding hydrogens is 348 g/mol. The minimum atomic E-state index is -0.0694. The molecule has 5 heteroatoms. The van der Waals surface area contributed by atoms with Crippen molar-refractivity contribution in [2.24, 2.45) is 0 Å². The van der Waals surface area contributed by atoms with Gasteiger partial charge in [0.25, 0.3) is 5.91 Å². The van der Waals surface area contributed by atoms with Crippen molar-refractivity contribution in [2.45, 2.75) is 32.1 Å². The lowest BCUT2D eigenvalue weighted by Gasteiger charge is -2.26. The summed E-state index contributed by atoms with van der Waals surface area (Å²) >= 11 is 6.11. The molecule has 4 nitrogen and oxygen atoms in total. The Labute approximate surface area is 159 Å². The molecule has 2 aromatic rings. The number of carbonyl (C=O) groups is 2. The summed E-state index contributed by atoms with van der Waals surface area (Å²) in [6, 6.07) is 14.7. The zero-order valence-corrected chi connectivity index (χ0v) is 15.5. The zero-order chi connectivity index (χ0) is 18.4. The molecule has 0 bridgehead atoms. The largest absolute Gasteiger partial charge is 0.339 e. The lowest BCUT2D eigenvalue weighted by molar-refractivity contribution is -0.116. The Morgan fingerprint density at radius 1 is 0.962 bits per heavy atom. The fourth-order valence-corrected chi connectivity index (χ4v) is 3.38. The Hall–Kier alpha value is -2.33. The van der Waals surface area contributed by atoms with Crippen LogP contribution >= 0.6 is 11.6 Å². The van der Waals surface area contributed by atoms with Crippen molar-refractivity contribution in [3.63, 3.8) is 0 Å². The van der Waals surface area contributed by atoms with Crippen LogP contribution in [0.25, 0.3) is 0 Å². The average molecular weight is 371 g/mol. The lowest BCUT2D eigenvalue weighted by atomic mass is 10.1. The van der Waals surface area contributed by atoms with Gasteiger partial charge in [-0.3, -0.25) is 9.59 Å². The van der Waals surface area contributed by atoms with Crippen molar-refractivity contribution in [2.75, 3.05) is 18.4 Å². The first-order chi connectivity index (χ1) is 12.6. The molecule has 136 valence electrons. The van der Waals surface area contributed by atoms with Crippen molar-refractivity contribution >= 4 is 29.1 Å². The van der Waals surface area contributed by atoms with E-state index in [0.717, 1.165) is 31.5 Å². The van der Waals surface area contributed by atoms with Crippen molar-refractivity contribution in [1.82, 2.24) is 4.90 Å². The molecule has 0 aromatic heterocycles. The molecule has 2 aromatic carbocycles. The number of benzene rings is 2. The van der Waals surface area contributed by atoms with Crippen molar-refractivity contribution in [3.05, 3.63) is 64.7 Å². The molecule has 0 unspecified atom stereocenters. The van der Waals surface area contributed by atoms with Gasteiger partial charge in [0, 0.05) is 35.8 Å². The molecule has 26 heavy (non-hydrogen) atoms. The Morgan fingerprint density at radius 3 is 2.35 bits per heavy atom. The maximum Gasteiger partial charge on any atom is 0.253 e. The number of halogens is 1. The number of piperidine rings is 1. The van der Waals surface area contributed by atoms with E-state index >= 15 is 0 Å². The van der Waals surface area contributed by atoms with Crippen LogP contribution in [-0.2, 0) is 11.2 Å². The number of hydrogen-bond acceptors (Lipinski definition) is 2. The molecule has 1 aliphatic rings. The fourth-order valence-electron chi connectivity index (χ4n) is 3.15. The topological polar surface area (TPSA) is 49.4 Å². The van der Waals surface area contributed by atoms with Gasteiger partial charge in [-0.1, -0.05) is 29.8 Å². The molecule has 1 aliphatic heterocycles. The van der Waals surface area contributed by atoms with Crippen LogP contribution in [0, 0.1) is 0 Å². The number of rotatable bonds is 5. The van der Waals surface area contributed by atoms with Crippen LogP contribution in [0.15, 0.2) is 48.5 Å². The Kier molecular flexibility index (Phi) is 6.29. The van der Waals surface area contributed by atoms with Crippen LogP contribution in [0.5, 0.6) is 0 Å². The smallest absolute Gasteiger partial charge is 0.253 e. The first-order valence-corrected chi connectivity index (χ1v) is 9.44. The van der Waals surface area contributed by atoms with Gasteiger partial charge in [0.05, 0.1) is 0 Å². The quantitative estimate of drug-likeness (QED) is 0.840. The zero-order valence-electron chi connectivity index (χ0n) is 14.7.